The Balaban J connectivity index is 1.80. The third-order valence-corrected chi connectivity index (χ3v) is 9.07. The molecule has 7 nitrogen and oxygen atoms in total. The summed E-state index contributed by atoms with van der Waals surface area (Å²) in [5.41, 5.74) is 3.90. The molecule has 9 heteroatoms. The van der Waals surface area contributed by atoms with Crippen molar-refractivity contribution in [1.82, 2.24) is 10.2 Å². The molecule has 0 heterocycles. The molecule has 4 aromatic carbocycles. The second-order valence-corrected chi connectivity index (χ2v) is 12.7. The Morgan fingerprint density at radius 1 is 0.814 bits per heavy atom. The summed E-state index contributed by atoms with van der Waals surface area (Å²) < 4.78 is 29.2. The zero-order chi connectivity index (χ0) is 31.0. The highest BCUT2D eigenvalue weighted by Crippen LogP contribution is 2.27. The zero-order valence-electron chi connectivity index (χ0n) is 24.5. The van der Waals surface area contributed by atoms with Crippen LogP contribution in [-0.2, 0) is 32.6 Å². The number of halogens is 1. The van der Waals surface area contributed by atoms with E-state index in [2.05, 4.69) is 5.32 Å². The minimum atomic E-state index is -4.18. The molecule has 0 aliphatic heterocycles. The lowest BCUT2D eigenvalue weighted by molar-refractivity contribution is -0.140. The van der Waals surface area contributed by atoms with Crippen LogP contribution in [0.2, 0.25) is 5.02 Å². The summed E-state index contributed by atoms with van der Waals surface area (Å²) in [5.74, 6) is -0.817. The maximum Gasteiger partial charge on any atom is 0.264 e. The molecule has 4 aromatic rings. The van der Waals surface area contributed by atoms with E-state index in [4.69, 9.17) is 11.6 Å². The number of anilines is 1. The van der Waals surface area contributed by atoms with Crippen LogP contribution in [0.15, 0.2) is 108 Å². The van der Waals surface area contributed by atoms with Gasteiger partial charge in [-0.05, 0) is 73.9 Å². The van der Waals surface area contributed by atoms with Crippen LogP contribution in [0.1, 0.15) is 29.2 Å². The summed E-state index contributed by atoms with van der Waals surface area (Å²) in [5, 5.41) is 3.27. The minimum Gasteiger partial charge on any atom is -0.355 e. The second kappa shape index (κ2) is 14.4. The fraction of sp³-hybridized carbons (Fsp3) is 0.235. The number of hydrogen-bond donors (Lipinski definition) is 1. The Morgan fingerprint density at radius 2 is 1.44 bits per heavy atom. The molecule has 0 aliphatic rings. The number of nitrogens with one attached hydrogen (secondary N) is 1. The van der Waals surface area contributed by atoms with E-state index in [0.717, 1.165) is 26.6 Å². The van der Waals surface area contributed by atoms with Gasteiger partial charge in [0, 0.05) is 24.5 Å². The topological polar surface area (TPSA) is 86.8 Å². The molecule has 224 valence electrons. The predicted molar refractivity (Wildman–Crippen MR) is 172 cm³/mol. The first kappa shape index (κ1) is 31.8. The van der Waals surface area contributed by atoms with Gasteiger partial charge in [0.25, 0.3) is 10.0 Å². The average Bonchev–Trinajstić information content (AvgIpc) is 2.98. The molecule has 0 aliphatic carbocycles. The van der Waals surface area contributed by atoms with Crippen LogP contribution in [0.4, 0.5) is 5.69 Å². The van der Waals surface area contributed by atoms with Gasteiger partial charge in [0.05, 0.1) is 10.6 Å². The number of nitrogens with zero attached hydrogens (tertiary/aromatic N) is 2. The summed E-state index contributed by atoms with van der Waals surface area (Å²) in [4.78, 5) is 29.4. The lowest BCUT2D eigenvalue weighted by Crippen LogP contribution is -2.53. The average molecular weight is 618 g/mol. The number of rotatable bonds is 12. The Labute approximate surface area is 259 Å². The van der Waals surface area contributed by atoms with Crippen molar-refractivity contribution in [3.05, 3.63) is 130 Å². The van der Waals surface area contributed by atoms with Crippen molar-refractivity contribution in [1.29, 1.82) is 0 Å². The molecule has 0 saturated carbocycles. The number of likely N-dealkylation sites (N-methyl/N-ethyl adjacent to an activating group) is 1. The maximum atomic E-state index is 14.4. The Hall–Kier alpha value is -4.14. The van der Waals surface area contributed by atoms with E-state index in [-0.39, 0.29) is 23.8 Å². The quantitative estimate of drug-likeness (QED) is 0.214. The molecule has 0 unspecified atom stereocenters. The number of amides is 2. The van der Waals surface area contributed by atoms with Gasteiger partial charge in [0.15, 0.2) is 0 Å². The number of carbonyl (C=O) groups excluding carboxylic acids is 2. The van der Waals surface area contributed by atoms with E-state index in [1.54, 1.807) is 18.2 Å². The van der Waals surface area contributed by atoms with Crippen molar-refractivity contribution in [3.63, 3.8) is 0 Å². The van der Waals surface area contributed by atoms with Crippen molar-refractivity contribution in [2.45, 2.75) is 44.7 Å². The third kappa shape index (κ3) is 8.24. The highest BCUT2D eigenvalue weighted by atomic mass is 35.5. The van der Waals surface area contributed by atoms with Gasteiger partial charge in [0.2, 0.25) is 11.8 Å². The second-order valence-electron chi connectivity index (χ2n) is 10.4. The van der Waals surface area contributed by atoms with E-state index >= 15 is 0 Å². The minimum absolute atomic E-state index is 0.000928. The zero-order valence-corrected chi connectivity index (χ0v) is 26.1. The van der Waals surface area contributed by atoms with Gasteiger partial charge >= 0.3 is 0 Å². The first-order chi connectivity index (χ1) is 20.6. The van der Waals surface area contributed by atoms with Crippen molar-refractivity contribution in [3.8, 4) is 0 Å². The fourth-order valence-corrected chi connectivity index (χ4v) is 6.43. The van der Waals surface area contributed by atoms with Crippen molar-refractivity contribution < 1.29 is 18.0 Å². The van der Waals surface area contributed by atoms with Crippen molar-refractivity contribution in [2.24, 2.45) is 0 Å². The number of benzene rings is 4. The van der Waals surface area contributed by atoms with Crippen LogP contribution in [0.5, 0.6) is 0 Å². The van der Waals surface area contributed by atoms with E-state index in [1.807, 2.05) is 81.4 Å². The molecule has 0 spiro atoms. The normalized spacial score (nSPS) is 11.9. The number of hydrogen-bond acceptors (Lipinski definition) is 4. The van der Waals surface area contributed by atoms with Crippen molar-refractivity contribution >= 4 is 39.1 Å². The Kier molecular flexibility index (Phi) is 10.6. The molecule has 1 N–H and O–H groups in total. The van der Waals surface area contributed by atoms with Gasteiger partial charge in [-0.15, -0.1) is 0 Å². The van der Waals surface area contributed by atoms with Crippen LogP contribution in [-0.4, -0.2) is 44.3 Å². The molecule has 0 aromatic heterocycles. The summed E-state index contributed by atoms with van der Waals surface area (Å²) >= 11 is 6.04. The molecule has 4 rings (SSSR count). The van der Waals surface area contributed by atoms with Gasteiger partial charge in [-0.25, -0.2) is 8.42 Å². The third-order valence-electron chi connectivity index (χ3n) is 7.03. The molecule has 0 bridgehead atoms. The molecule has 1 atom stereocenters. The maximum absolute atomic E-state index is 14.4. The van der Waals surface area contributed by atoms with E-state index in [1.165, 1.54) is 29.2 Å². The Bertz CT molecular complexity index is 1660. The summed E-state index contributed by atoms with van der Waals surface area (Å²) in [7, 11) is -4.18. The van der Waals surface area contributed by atoms with E-state index in [0.29, 0.717) is 17.3 Å². The molecule has 43 heavy (non-hydrogen) atoms. The molecule has 0 fully saturated rings. The van der Waals surface area contributed by atoms with E-state index in [9.17, 15) is 18.0 Å². The molecule has 0 radical (unpaired) electrons. The SMILES string of the molecule is CCNC(=O)[C@H](Cc1ccccc1)N(Cc1cccc(C)c1)C(=O)CN(c1cccc(C)c1)S(=O)(=O)c1ccc(Cl)cc1. The fourth-order valence-electron chi connectivity index (χ4n) is 4.90. The van der Waals surface area contributed by atoms with Crippen LogP contribution in [0.25, 0.3) is 0 Å². The van der Waals surface area contributed by atoms with Gasteiger partial charge < -0.3 is 10.2 Å². The van der Waals surface area contributed by atoms with Gasteiger partial charge in [-0.2, -0.15) is 0 Å². The molecule has 2 amide bonds. The first-order valence-electron chi connectivity index (χ1n) is 14.1. The summed E-state index contributed by atoms with van der Waals surface area (Å²) in [6.45, 7) is 5.63. The lowest BCUT2D eigenvalue weighted by atomic mass is 10.0. The first-order valence-corrected chi connectivity index (χ1v) is 15.9. The van der Waals surface area contributed by atoms with Gasteiger partial charge in [0.1, 0.15) is 12.6 Å². The number of aryl methyl sites for hydroxylation is 2. The predicted octanol–water partition coefficient (Wildman–Crippen LogP) is 5.93. The monoisotopic (exact) mass is 617 g/mol. The number of sulfonamides is 1. The highest BCUT2D eigenvalue weighted by Gasteiger charge is 2.34. The molecule has 0 saturated heterocycles. The van der Waals surface area contributed by atoms with Crippen LogP contribution in [0.3, 0.4) is 0 Å². The molecular formula is C34H36ClN3O4S. The van der Waals surface area contributed by atoms with Gasteiger partial charge in [-0.3, -0.25) is 13.9 Å². The lowest BCUT2D eigenvalue weighted by Gasteiger charge is -2.34. The largest absolute Gasteiger partial charge is 0.355 e. The standard InChI is InChI=1S/C34H36ClN3O4S/c1-4-36-34(40)32(22-27-12-6-5-7-13-27)37(23-28-14-8-10-25(2)20-28)33(39)24-38(30-15-9-11-26(3)21-30)43(41,42)31-18-16-29(35)17-19-31/h5-21,32H,4,22-24H2,1-3H3,(H,36,40)/t32-/m0/s1. The summed E-state index contributed by atoms with van der Waals surface area (Å²) in [6.07, 6.45) is 0.263. The number of carbonyl (C=O) groups is 2. The van der Waals surface area contributed by atoms with Crippen molar-refractivity contribution in [2.75, 3.05) is 17.4 Å². The highest BCUT2D eigenvalue weighted by molar-refractivity contribution is 7.92. The Morgan fingerprint density at radius 3 is 2.07 bits per heavy atom. The van der Waals surface area contributed by atoms with E-state index < -0.39 is 28.5 Å². The molecular weight excluding hydrogens is 582 g/mol. The van der Waals surface area contributed by atoms with Gasteiger partial charge in [-0.1, -0.05) is 83.9 Å². The summed E-state index contributed by atoms with van der Waals surface area (Å²) in [6, 6.07) is 29.1. The van der Waals surface area contributed by atoms with Crippen LogP contribution >= 0.6 is 11.6 Å². The van der Waals surface area contributed by atoms with Crippen LogP contribution in [0, 0.1) is 13.8 Å². The smallest absolute Gasteiger partial charge is 0.264 e. The van der Waals surface area contributed by atoms with Crippen LogP contribution < -0.4 is 9.62 Å².